The van der Waals surface area contributed by atoms with E-state index in [2.05, 4.69) is 44.3 Å². The van der Waals surface area contributed by atoms with E-state index < -0.39 is 32.5 Å². The lowest BCUT2D eigenvalue weighted by atomic mass is 15.8. The fourth-order valence-electron chi connectivity index (χ4n) is 0. The summed E-state index contributed by atoms with van der Waals surface area (Å²) in [5.74, 6) is 0. The van der Waals surface area contributed by atoms with Crippen LogP contribution >= 0.6 is 44.3 Å². The fourth-order valence-corrected chi connectivity index (χ4v) is 0. The van der Waals surface area contributed by atoms with Crippen molar-refractivity contribution >= 4 is 110 Å². The van der Waals surface area contributed by atoms with Crippen molar-refractivity contribution in [1.29, 1.82) is 0 Å². The van der Waals surface area contributed by atoms with Crippen LogP contribution in [0.2, 0.25) is 0 Å². The molecule has 0 radical (unpaired) electrons. The first-order valence-electron chi connectivity index (χ1n) is 3.44. The summed E-state index contributed by atoms with van der Waals surface area (Å²) < 4.78 is 0. The zero-order valence-corrected chi connectivity index (χ0v) is 15.9. The van der Waals surface area contributed by atoms with Gasteiger partial charge in [-0.05, 0) is 32.9 Å². The van der Waals surface area contributed by atoms with Gasteiger partial charge in [-0.15, -0.1) is 0 Å². The second-order valence-corrected chi connectivity index (χ2v) is 12.7. The predicted molar refractivity (Wildman–Crippen MR) is 107 cm³/mol. The Morgan fingerprint density at radius 2 is 0.304 bits per heavy atom. The zero-order valence-electron chi connectivity index (χ0n) is 8.88. The van der Waals surface area contributed by atoms with Gasteiger partial charge >= 0.3 is 32.5 Å². The molecule has 23 heteroatoms. The minimum absolute atomic E-state index is 0. The van der Waals surface area contributed by atoms with Crippen molar-refractivity contribution in [3.05, 3.63) is 0 Å². The number of hydrogen-bond donors (Lipinski definition) is 12. The van der Waals surface area contributed by atoms with E-state index in [1.54, 1.807) is 0 Å². The third-order valence-corrected chi connectivity index (χ3v) is 0. The lowest BCUT2D eigenvalue weighted by molar-refractivity contribution is 0.259. The van der Waals surface area contributed by atoms with Crippen molar-refractivity contribution in [1.82, 2.24) is 0 Å². The Morgan fingerprint density at radius 3 is 0.304 bits per heavy atom. The van der Waals surface area contributed by atoms with Crippen molar-refractivity contribution in [3.8, 4) is 0 Å². The van der Waals surface area contributed by atoms with Crippen LogP contribution in [0.3, 0.4) is 0 Å². The van der Waals surface area contributed by atoms with Gasteiger partial charge in [0, 0.05) is 0 Å². The summed E-state index contributed by atoms with van der Waals surface area (Å²) in [6.45, 7) is 0. The molecular weight excluding hydrogens is 530 g/mol. The number of halogens is 4. The van der Waals surface area contributed by atoms with Gasteiger partial charge in [0.2, 0.25) is 0 Å². The summed E-state index contributed by atoms with van der Waals surface area (Å²) in [6.07, 6.45) is 0. The SMILES string of the molecule is O[Si](O)(O)Cl.O[Si](O)(O)Cl.O[Si](O)(O)Cl.O[Si](O)(O)Cl.[SiH4].[SiH4].[SiH4]. The first-order chi connectivity index (χ1) is 8.00. The van der Waals surface area contributed by atoms with Gasteiger partial charge in [0.05, 0.1) is 0 Å². The van der Waals surface area contributed by atoms with Gasteiger partial charge in [-0.3, -0.25) is 0 Å². The Bertz CT molecular complexity index is 143. The fraction of sp³-hybridized carbons (Fsp3) is 0. The van der Waals surface area contributed by atoms with E-state index in [-0.39, 0.29) is 32.9 Å². The highest BCUT2D eigenvalue weighted by Gasteiger charge is 2.22. The molecule has 0 fully saturated rings. The quantitative estimate of drug-likeness (QED) is 0.0987. The lowest BCUT2D eigenvalue weighted by Crippen LogP contribution is -2.25. The summed E-state index contributed by atoms with van der Waals surface area (Å²) in [4.78, 5) is 90.4. The van der Waals surface area contributed by atoms with Crippen LogP contribution in [0.5, 0.6) is 0 Å². The Morgan fingerprint density at radius 1 is 0.304 bits per heavy atom. The molecule has 0 spiro atoms. The highest BCUT2D eigenvalue weighted by Crippen LogP contribution is 1.88. The lowest BCUT2D eigenvalue weighted by Gasteiger charge is -1.90. The van der Waals surface area contributed by atoms with Crippen LogP contribution < -0.4 is 0 Å². The Hall–Kier alpha value is 2.20. The van der Waals surface area contributed by atoms with Gasteiger partial charge in [-0.2, -0.15) is 0 Å². The number of rotatable bonds is 0. The molecule has 0 aromatic heterocycles. The molecular formula is H24Cl4O12Si7. The van der Waals surface area contributed by atoms with Crippen molar-refractivity contribution in [2.24, 2.45) is 0 Å². The summed E-state index contributed by atoms with van der Waals surface area (Å²) in [5.41, 5.74) is 0. The molecule has 12 N–H and O–H groups in total. The molecule has 0 aliphatic carbocycles. The predicted octanol–water partition coefficient (Wildman–Crippen LogP) is -9.80. The smallest absolute Gasteiger partial charge is 0.378 e. The van der Waals surface area contributed by atoms with Crippen molar-refractivity contribution in [2.45, 2.75) is 0 Å². The first kappa shape index (κ1) is 44.6. The maximum atomic E-state index is 7.54. The van der Waals surface area contributed by atoms with Crippen LogP contribution in [0.15, 0.2) is 0 Å². The van der Waals surface area contributed by atoms with Gasteiger partial charge in [0.1, 0.15) is 0 Å². The second-order valence-electron chi connectivity index (χ2n) is 2.21. The largest absolute Gasteiger partial charge is 0.605 e. The van der Waals surface area contributed by atoms with E-state index in [0.717, 1.165) is 0 Å². The standard InChI is InChI=1S/4ClH3O3Si.3H4Si/c4*1-5(2,3)4;;;/h4*2-4H;3*1H4. The minimum atomic E-state index is -4.14. The zero-order chi connectivity index (χ0) is 18.0. The topological polar surface area (TPSA) is 243 Å². The Kier molecular flexibility index (Phi) is 36.8. The molecule has 0 amide bonds. The van der Waals surface area contributed by atoms with E-state index in [1.807, 2.05) is 0 Å². The van der Waals surface area contributed by atoms with E-state index in [4.69, 9.17) is 57.5 Å². The van der Waals surface area contributed by atoms with E-state index >= 15 is 0 Å². The molecule has 0 saturated carbocycles. The Balaban J connectivity index is -0.0000000284. The average molecular weight is 555 g/mol. The van der Waals surface area contributed by atoms with Crippen LogP contribution in [-0.2, 0) is 0 Å². The van der Waals surface area contributed by atoms with E-state index in [9.17, 15) is 0 Å². The summed E-state index contributed by atoms with van der Waals surface area (Å²) in [6, 6.07) is 0. The van der Waals surface area contributed by atoms with Crippen molar-refractivity contribution < 1.29 is 57.5 Å². The maximum Gasteiger partial charge on any atom is 0.605 e. The molecule has 0 unspecified atom stereocenters. The van der Waals surface area contributed by atoms with Crippen LogP contribution in [0, 0.1) is 0 Å². The molecule has 0 saturated heterocycles. The molecule has 0 aromatic rings. The van der Waals surface area contributed by atoms with Crippen LogP contribution in [0.25, 0.3) is 0 Å². The monoisotopic (exact) mass is 552 g/mol. The molecule has 152 valence electrons. The highest BCUT2D eigenvalue weighted by atomic mass is 35.6. The Labute approximate surface area is 166 Å². The third kappa shape index (κ3) is 2470. The molecule has 0 heterocycles. The van der Waals surface area contributed by atoms with Gasteiger partial charge < -0.3 is 57.5 Å². The second kappa shape index (κ2) is 19.0. The van der Waals surface area contributed by atoms with Gasteiger partial charge in [0.25, 0.3) is 0 Å². The van der Waals surface area contributed by atoms with Crippen LogP contribution in [0.1, 0.15) is 0 Å². The van der Waals surface area contributed by atoms with Crippen LogP contribution in [0.4, 0.5) is 0 Å². The van der Waals surface area contributed by atoms with Crippen molar-refractivity contribution in [2.75, 3.05) is 0 Å². The minimum Gasteiger partial charge on any atom is -0.378 e. The normalized spacial score (nSPS) is 10.4. The molecule has 0 aromatic carbocycles. The third-order valence-electron chi connectivity index (χ3n) is 0. The maximum absolute atomic E-state index is 7.54. The average Bonchev–Trinajstić information content (AvgIpc) is 1.62. The molecule has 0 rings (SSSR count). The van der Waals surface area contributed by atoms with Gasteiger partial charge in [-0.25, -0.2) is 0 Å². The summed E-state index contributed by atoms with van der Waals surface area (Å²) in [7, 11) is -16.6. The molecule has 23 heavy (non-hydrogen) atoms. The van der Waals surface area contributed by atoms with E-state index in [0.29, 0.717) is 0 Å². The molecule has 0 aliphatic heterocycles. The molecule has 0 bridgehead atoms. The summed E-state index contributed by atoms with van der Waals surface area (Å²) in [5, 5.41) is 0. The van der Waals surface area contributed by atoms with Crippen molar-refractivity contribution in [3.63, 3.8) is 0 Å². The summed E-state index contributed by atoms with van der Waals surface area (Å²) >= 11 is 17.3. The number of hydrogen-bond acceptors (Lipinski definition) is 12. The first-order valence-corrected chi connectivity index (χ1v) is 14.9. The van der Waals surface area contributed by atoms with Crippen LogP contribution in [-0.4, -0.2) is 123 Å². The van der Waals surface area contributed by atoms with Gasteiger partial charge in [0.15, 0.2) is 0 Å². The molecule has 0 atom stereocenters. The van der Waals surface area contributed by atoms with E-state index in [1.165, 1.54) is 0 Å². The van der Waals surface area contributed by atoms with Gasteiger partial charge in [-0.1, -0.05) is 44.3 Å². The molecule has 0 aliphatic rings. The highest BCUT2D eigenvalue weighted by molar-refractivity contribution is 7.07. The molecule has 12 nitrogen and oxygen atoms in total.